The van der Waals surface area contributed by atoms with Gasteiger partial charge in [-0.25, -0.2) is 0 Å². The van der Waals surface area contributed by atoms with Gasteiger partial charge in [-0.15, -0.1) is 0 Å². The molecule has 1 aliphatic heterocycles. The molecule has 1 saturated heterocycles. The Kier molecular flexibility index (Phi) is 7.85. The number of nitrogens with zero attached hydrogens (tertiary/aromatic N) is 2. The van der Waals surface area contributed by atoms with Crippen molar-refractivity contribution >= 4 is 17.3 Å². The quantitative estimate of drug-likeness (QED) is 0.382. The average molecular weight is 462 g/mol. The van der Waals surface area contributed by atoms with Crippen LogP contribution in [0.4, 0.5) is 11.4 Å². The normalized spacial score (nSPS) is 13.9. The van der Waals surface area contributed by atoms with Crippen molar-refractivity contribution in [3.8, 4) is 5.75 Å². The number of ether oxygens (including phenoxy) is 2. The molecule has 1 amide bonds. The molecule has 0 unspecified atom stereocenters. The number of non-ortho nitro benzene ring substituents is 1. The number of nitrogens with one attached hydrogen (secondary N) is 1. The Labute approximate surface area is 198 Å². The summed E-state index contributed by atoms with van der Waals surface area (Å²) in [6.45, 7) is 4.02. The number of carbonyl (C=O) groups excluding carboxylic acids is 1. The van der Waals surface area contributed by atoms with Gasteiger partial charge < -0.3 is 14.8 Å². The minimum Gasteiger partial charge on any atom is -0.483 e. The molecule has 8 heteroatoms. The summed E-state index contributed by atoms with van der Waals surface area (Å²) in [5, 5.41) is 14.1. The zero-order chi connectivity index (χ0) is 23.8. The van der Waals surface area contributed by atoms with E-state index in [-0.39, 0.29) is 18.2 Å². The van der Waals surface area contributed by atoms with Gasteiger partial charge in [-0.3, -0.25) is 19.8 Å². The first-order chi connectivity index (χ1) is 16.6. The van der Waals surface area contributed by atoms with Crippen LogP contribution in [0.25, 0.3) is 0 Å². The molecule has 1 aliphatic rings. The van der Waals surface area contributed by atoms with Crippen LogP contribution in [-0.4, -0.2) is 48.6 Å². The van der Waals surface area contributed by atoms with Crippen molar-refractivity contribution in [1.82, 2.24) is 4.90 Å². The largest absolute Gasteiger partial charge is 0.483 e. The molecule has 176 valence electrons. The molecule has 3 aromatic rings. The van der Waals surface area contributed by atoms with Crippen molar-refractivity contribution in [3.05, 3.63) is 99.6 Å². The number of amides is 1. The number of hydrogen-bond acceptors (Lipinski definition) is 6. The molecule has 34 heavy (non-hydrogen) atoms. The van der Waals surface area contributed by atoms with E-state index < -0.39 is 4.92 Å². The van der Waals surface area contributed by atoms with Gasteiger partial charge in [0, 0.05) is 49.4 Å². The zero-order valence-corrected chi connectivity index (χ0v) is 18.8. The summed E-state index contributed by atoms with van der Waals surface area (Å²) in [4.78, 5) is 25.6. The second kappa shape index (κ2) is 11.4. The number of nitro benzene ring substituents is 1. The number of anilines is 1. The summed E-state index contributed by atoms with van der Waals surface area (Å²) in [5.74, 6) is 0.149. The third-order valence-electron chi connectivity index (χ3n) is 5.60. The fourth-order valence-corrected chi connectivity index (χ4v) is 3.83. The molecule has 4 rings (SSSR count). The Morgan fingerprint density at radius 1 is 1.00 bits per heavy atom. The Morgan fingerprint density at radius 2 is 1.74 bits per heavy atom. The van der Waals surface area contributed by atoms with Crippen LogP contribution in [0.3, 0.4) is 0 Å². The molecule has 0 spiro atoms. The van der Waals surface area contributed by atoms with Crippen LogP contribution in [-0.2, 0) is 22.5 Å². The van der Waals surface area contributed by atoms with Crippen LogP contribution in [0.2, 0.25) is 0 Å². The van der Waals surface area contributed by atoms with E-state index in [9.17, 15) is 14.9 Å². The first-order valence-electron chi connectivity index (χ1n) is 11.2. The molecule has 0 radical (unpaired) electrons. The van der Waals surface area contributed by atoms with Gasteiger partial charge in [0.05, 0.1) is 18.1 Å². The molecule has 1 fully saturated rings. The predicted molar refractivity (Wildman–Crippen MR) is 129 cm³/mol. The zero-order valence-electron chi connectivity index (χ0n) is 18.8. The van der Waals surface area contributed by atoms with E-state index in [0.29, 0.717) is 23.4 Å². The molecule has 0 atom stereocenters. The van der Waals surface area contributed by atoms with Gasteiger partial charge in [-0.1, -0.05) is 42.5 Å². The van der Waals surface area contributed by atoms with Gasteiger partial charge >= 0.3 is 0 Å². The highest BCUT2D eigenvalue weighted by atomic mass is 16.6. The maximum atomic E-state index is 12.5. The second-order valence-corrected chi connectivity index (χ2v) is 8.13. The number of nitro groups is 1. The SMILES string of the molecule is O=C(COc1ccc([N+](=O)[O-])cc1Cc1ccccc1)Nc1ccc(CN2CCOCC2)cc1. The molecular formula is C26H27N3O5. The standard InChI is InChI=1S/C26H27N3O5/c30-26(27-23-8-6-21(7-9-23)18-28-12-14-33-15-13-28)19-34-25-11-10-24(29(31)32)17-22(25)16-20-4-2-1-3-5-20/h1-11,17H,12-16,18-19H2,(H,27,30). The lowest BCUT2D eigenvalue weighted by molar-refractivity contribution is -0.384. The number of hydrogen-bond donors (Lipinski definition) is 1. The summed E-state index contributed by atoms with van der Waals surface area (Å²) in [6.07, 6.45) is 0.462. The number of carbonyl (C=O) groups is 1. The van der Waals surface area contributed by atoms with Gasteiger partial charge in [0.1, 0.15) is 5.75 Å². The van der Waals surface area contributed by atoms with Crippen molar-refractivity contribution in [2.75, 3.05) is 38.2 Å². The Balaban J connectivity index is 1.35. The van der Waals surface area contributed by atoms with Crippen LogP contribution in [0.5, 0.6) is 5.75 Å². The van der Waals surface area contributed by atoms with E-state index in [2.05, 4.69) is 10.2 Å². The van der Waals surface area contributed by atoms with Gasteiger partial charge in [0.25, 0.3) is 11.6 Å². The molecule has 0 bridgehead atoms. The molecule has 1 heterocycles. The average Bonchev–Trinajstić information content (AvgIpc) is 2.85. The summed E-state index contributed by atoms with van der Waals surface area (Å²) in [5.41, 5.74) is 3.50. The van der Waals surface area contributed by atoms with Crippen molar-refractivity contribution in [2.45, 2.75) is 13.0 Å². The van der Waals surface area contributed by atoms with Crippen LogP contribution < -0.4 is 10.1 Å². The van der Waals surface area contributed by atoms with E-state index in [1.54, 1.807) is 6.07 Å². The highest BCUT2D eigenvalue weighted by Crippen LogP contribution is 2.27. The predicted octanol–water partition coefficient (Wildman–Crippen LogP) is 4.04. The van der Waals surface area contributed by atoms with Crippen molar-refractivity contribution in [2.24, 2.45) is 0 Å². The van der Waals surface area contributed by atoms with E-state index >= 15 is 0 Å². The molecule has 0 aliphatic carbocycles. The van der Waals surface area contributed by atoms with Gasteiger partial charge in [0.15, 0.2) is 6.61 Å². The van der Waals surface area contributed by atoms with E-state index in [1.165, 1.54) is 17.7 Å². The molecule has 0 saturated carbocycles. The van der Waals surface area contributed by atoms with Crippen LogP contribution >= 0.6 is 0 Å². The Bertz CT molecular complexity index is 1110. The highest BCUT2D eigenvalue weighted by Gasteiger charge is 2.14. The molecule has 8 nitrogen and oxygen atoms in total. The lowest BCUT2D eigenvalue weighted by Gasteiger charge is -2.26. The van der Waals surface area contributed by atoms with Crippen LogP contribution in [0.1, 0.15) is 16.7 Å². The third-order valence-corrected chi connectivity index (χ3v) is 5.60. The van der Waals surface area contributed by atoms with Crippen molar-refractivity contribution < 1.29 is 19.2 Å². The van der Waals surface area contributed by atoms with Crippen LogP contribution in [0.15, 0.2) is 72.8 Å². The summed E-state index contributed by atoms with van der Waals surface area (Å²) in [6, 6.07) is 21.8. The Morgan fingerprint density at radius 3 is 2.44 bits per heavy atom. The first-order valence-corrected chi connectivity index (χ1v) is 11.2. The van der Waals surface area contributed by atoms with Gasteiger partial charge in [-0.05, 0) is 29.3 Å². The lowest BCUT2D eigenvalue weighted by atomic mass is 10.0. The molecule has 0 aromatic heterocycles. The maximum absolute atomic E-state index is 12.5. The minimum atomic E-state index is -0.437. The second-order valence-electron chi connectivity index (χ2n) is 8.13. The number of rotatable bonds is 9. The minimum absolute atomic E-state index is 0.0140. The summed E-state index contributed by atoms with van der Waals surface area (Å²) < 4.78 is 11.1. The number of benzene rings is 3. The van der Waals surface area contributed by atoms with Crippen molar-refractivity contribution in [1.29, 1.82) is 0 Å². The maximum Gasteiger partial charge on any atom is 0.269 e. The third kappa shape index (κ3) is 6.63. The van der Waals surface area contributed by atoms with Crippen LogP contribution in [0, 0.1) is 10.1 Å². The van der Waals surface area contributed by atoms with E-state index in [0.717, 1.165) is 38.4 Å². The summed E-state index contributed by atoms with van der Waals surface area (Å²) >= 11 is 0. The van der Waals surface area contributed by atoms with E-state index in [4.69, 9.17) is 9.47 Å². The lowest BCUT2D eigenvalue weighted by Crippen LogP contribution is -2.35. The fraction of sp³-hybridized carbons (Fsp3) is 0.269. The van der Waals surface area contributed by atoms with Crippen molar-refractivity contribution in [3.63, 3.8) is 0 Å². The smallest absolute Gasteiger partial charge is 0.269 e. The topological polar surface area (TPSA) is 93.9 Å². The molecule has 3 aromatic carbocycles. The van der Waals surface area contributed by atoms with E-state index in [1.807, 2.05) is 54.6 Å². The fourth-order valence-electron chi connectivity index (χ4n) is 3.83. The van der Waals surface area contributed by atoms with Gasteiger partial charge in [-0.2, -0.15) is 0 Å². The number of morpholine rings is 1. The molecule has 1 N–H and O–H groups in total. The molecular weight excluding hydrogens is 434 g/mol. The first kappa shape index (κ1) is 23.4. The highest BCUT2D eigenvalue weighted by molar-refractivity contribution is 5.91. The Hall–Kier alpha value is -3.75. The summed E-state index contributed by atoms with van der Waals surface area (Å²) in [7, 11) is 0. The van der Waals surface area contributed by atoms with Gasteiger partial charge in [0.2, 0.25) is 0 Å². The monoisotopic (exact) mass is 461 g/mol.